The molecule has 0 aromatic heterocycles. The average Bonchev–Trinajstić information content (AvgIpc) is 2.70. The smallest absolute Gasteiger partial charge is 0.166 e. The quantitative estimate of drug-likeness (QED) is 0.250. The van der Waals surface area contributed by atoms with Crippen molar-refractivity contribution >= 4 is 23.1 Å². The summed E-state index contributed by atoms with van der Waals surface area (Å²) >= 11 is 0. The molecule has 3 rings (SSSR count). The molecule has 0 heterocycles. The molecule has 0 spiro atoms. The molecule has 13 heteroatoms. The molecule has 0 N–H and O–H groups in total. The summed E-state index contributed by atoms with van der Waals surface area (Å²) in [6.45, 7) is 0.441. The monoisotopic (exact) mass is 542 g/mol. The predicted molar refractivity (Wildman–Crippen MR) is 113 cm³/mol. The van der Waals surface area contributed by atoms with Crippen molar-refractivity contribution < 1.29 is 52.7 Å². The van der Waals surface area contributed by atoms with Gasteiger partial charge in [0.15, 0.2) is 0 Å². The molecule has 0 radical (unpaired) electrons. The Morgan fingerprint density at radius 1 is 0.459 bits per heavy atom. The number of aryl methyl sites for hydroxylation is 2. The maximum Gasteiger partial charge on any atom is 0.416 e. The summed E-state index contributed by atoms with van der Waals surface area (Å²) in [5.74, 6) is 0. The van der Waals surface area contributed by atoms with E-state index in [0.717, 1.165) is 18.2 Å². The normalized spacial score (nSPS) is 13.1. The Hall–Kier alpha value is -3.12. The minimum absolute atomic E-state index is 0.112. The van der Waals surface area contributed by atoms with E-state index in [-0.39, 0.29) is 29.3 Å². The number of hydrogen-bond donors (Lipinski definition) is 0. The Labute approximate surface area is 203 Å². The molecule has 0 atom stereocenters. The van der Waals surface area contributed by atoms with E-state index in [0.29, 0.717) is 18.2 Å². The summed E-state index contributed by atoms with van der Waals surface area (Å²) in [5.41, 5.74) is -8.58. The largest absolute Gasteiger partial charge is 0.416 e. The highest BCUT2D eigenvalue weighted by atomic mass is 19.4. The molecule has 0 aliphatic carbocycles. The third-order valence-electron chi connectivity index (χ3n) is 5.53. The van der Waals surface area contributed by atoms with Crippen LogP contribution in [0.15, 0.2) is 54.6 Å². The van der Waals surface area contributed by atoms with Gasteiger partial charge in [-0.1, -0.05) is 70.0 Å². The molecule has 0 bridgehead atoms. The van der Waals surface area contributed by atoms with Crippen LogP contribution in [0.25, 0.3) is 0 Å². The summed E-state index contributed by atoms with van der Waals surface area (Å²) in [4.78, 5) is 0. The van der Waals surface area contributed by atoms with Crippen molar-refractivity contribution in [2.75, 3.05) is 0 Å². The van der Waals surface area contributed by atoms with Gasteiger partial charge in [-0.25, -0.2) is 0 Å². The zero-order chi connectivity index (χ0) is 28.1. The van der Waals surface area contributed by atoms with E-state index in [1.54, 1.807) is 0 Å². The van der Waals surface area contributed by atoms with Crippen molar-refractivity contribution in [2.45, 2.75) is 38.6 Å². The highest BCUT2D eigenvalue weighted by Crippen LogP contribution is 2.35. The molecule has 0 aliphatic heterocycles. The van der Waals surface area contributed by atoms with Crippen LogP contribution in [0.1, 0.15) is 33.4 Å². The van der Waals surface area contributed by atoms with E-state index in [1.165, 1.54) is 13.8 Å². The fourth-order valence-electron chi connectivity index (χ4n) is 4.02. The lowest BCUT2D eigenvalue weighted by Crippen LogP contribution is -2.55. The third kappa shape index (κ3) is 6.42. The van der Waals surface area contributed by atoms with Gasteiger partial charge in [-0.2, -0.15) is 52.7 Å². The highest BCUT2D eigenvalue weighted by molar-refractivity contribution is 6.95. The number of benzene rings is 3. The SMILES string of the molecule is Cc1cc(B(c2cc(C(F)(F)F)cc(C(F)(F)F)c2)c2cc(C)ccc2C(F)(F)F)cc(C(F)(F)F)c1. The van der Waals surface area contributed by atoms with Crippen LogP contribution in [0, 0.1) is 13.8 Å². The molecule has 3 aromatic carbocycles. The molecular formula is C24H15BF12. The molecule has 0 saturated carbocycles. The Bertz CT molecular complexity index is 1260. The predicted octanol–water partition coefficient (Wildman–Crippen LogP) is 6.89. The standard InChI is InChI=1S/C24H15BF12/c1-12-3-4-19(24(35,36)37)20(7-12)25(17-6-13(2)5-14(9-17)21(26,27)28)18-10-15(22(29,30)31)8-16(11-18)23(32,33)34/h3-11H,1-2H3. The zero-order valence-electron chi connectivity index (χ0n) is 18.8. The van der Waals surface area contributed by atoms with Gasteiger partial charge in [0.05, 0.1) is 22.3 Å². The number of halogens is 12. The zero-order valence-corrected chi connectivity index (χ0v) is 18.8. The van der Waals surface area contributed by atoms with Crippen LogP contribution in [-0.2, 0) is 24.7 Å². The molecule has 0 unspecified atom stereocenters. The first-order valence-corrected chi connectivity index (χ1v) is 10.3. The Balaban J connectivity index is 2.50. The maximum absolute atomic E-state index is 13.9. The topological polar surface area (TPSA) is 0 Å². The molecule has 0 nitrogen and oxygen atoms in total. The van der Waals surface area contributed by atoms with E-state index in [4.69, 9.17) is 0 Å². The van der Waals surface area contributed by atoms with Crippen molar-refractivity contribution in [1.82, 2.24) is 0 Å². The van der Waals surface area contributed by atoms with E-state index in [9.17, 15) is 52.7 Å². The van der Waals surface area contributed by atoms with Crippen molar-refractivity contribution in [3.8, 4) is 0 Å². The van der Waals surface area contributed by atoms with Crippen molar-refractivity contribution in [3.05, 3.63) is 88.0 Å². The molecule has 0 aliphatic rings. The van der Waals surface area contributed by atoms with Gasteiger partial charge in [0.1, 0.15) is 0 Å². The van der Waals surface area contributed by atoms with Gasteiger partial charge in [0.2, 0.25) is 6.71 Å². The molecular weight excluding hydrogens is 527 g/mol. The Morgan fingerprint density at radius 3 is 1.32 bits per heavy atom. The van der Waals surface area contributed by atoms with E-state index in [1.807, 2.05) is 0 Å². The van der Waals surface area contributed by atoms with E-state index >= 15 is 0 Å². The van der Waals surface area contributed by atoms with Gasteiger partial charge >= 0.3 is 24.7 Å². The summed E-state index contributed by atoms with van der Waals surface area (Å²) in [7, 11) is 0. The van der Waals surface area contributed by atoms with Gasteiger partial charge in [-0.05, 0) is 26.0 Å². The molecule has 0 saturated heterocycles. The van der Waals surface area contributed by atoms with Crippen LogP contribution in [0.4, 0.5) is 52.7 Å². The van der Waals surface area contributed by atoms with Crippen LogP contribution < -0.4 is 16.4 Å². The van der Waals surface area contributed by atoms with Crippen LogP contribution in [0.3, 0.4) is 0 Å². The van der Waals surface area contributed by atoms with Crippen molar-refractivity contribution in [1.29, 1.82) is 0 Å². The molecule has 0 amide bonds. The van der Waals surface area contributed by atoms with Gasteiger partial charge in [0.25, 0.3) is 0 Å². The van der Waals surface area contributed by atoms with E-state index in [2.05, 4.69) is 0 Å². The van der Waals surface area contributed by atoms with Crippen molar-refractivity contribution in [3.63, 3.8) is 0 Å². The number of rotatable bonds is 3. The lowest BCUT2D eigenvalue weighted by Gasteiger charge is -2.24. The first kappa shape index (κ1) is 28.5. The summed E-state index contributed by atoms with van der Waals surface area (Å²) in [6, 6.07) is 4.80. The summed E-state index contributed by atoms with van der Waals surface area (Å²) in [5, 5.41) is 0. The maximum atomic E-state index is 13.9. The first-order valence-electron chi connectivity index (χ1n) is 10.3. The summed E-state index contributed by atoms with van der Waals surface area (Å²) in [6.07, 6.45) is -20.8. The lowest BCUT2D eigenvalue weighted by molar-refractivity contribution is -0.143. The van der Waals surface area contributed by atoms with Gasteiger partial charge in [-0.15, -0.1) is 0 Å². The second-order valence-electron chi connectivity index (χ2n) is 8.49. The van der Waals surface area contributed by atoms with Gasteiger partial charge in [-0.3, -0.25) is 0 Å². The molecule has 0 fully saturated rings. The van der Waals surface area contributed by atoms with E-state index < -0.39 is 70.1 Å². The first-order chi connectivity index (χ1) is 16.7. The second kappa shape index (κ2) is 9.32. The number of hydrogen-bond acceptors (Lipinski definition) is 0. The highest BCUT2D eigenvalue weighted by Gasteiger charge is 2.42. The van der Waals surface area contributed by atoms with Crippen LogP contribution in [-0.4, -0.2) is 6.71 Å². The molecule has 37 heavy (non-hydrogen) atoms. The minimum Gasteiger partial charge on any atom is -0.166 e. The average molecular weight is 542 g/mol. The third-order valence-corrected chi connectivity index (χ3v) is 5.53. The molecule has 198 valence electrons. The van der Waals surface area contributed by atoms with Crippen molar-refractivity contribution in [2.24, 2.45) is 0 Å². The Kier molecular flexibility index (Phi) is 7.17. The van der Waals surface area contributed by atoms with Crippen LogP contribution in [0.2, 0.25) is 0 Å². The second-order valence-corrected chi connectivity index (χ2v) is 8.49. The fraction of sp³-hybridized carbons (Fsp3) is 0.250. The lowest BCUT2D eigenvalue weighted by atomic mass is 9.35. The Morgan fingerprint density at radius 2 is 0.892 bits per heavy atom. The van der Waals surface area contributed by atoms with Crippen LogP contribution >= 0.6 is 0 Å². The number of alkyl halides is 12. The van der Waals surface area contributed by atoms with Gasteiger partial charge < -0.3 is 0 Å². The van der Waals surface area contributed by atoms with Crippen LogP contribution in [0.5, 0.6) is 0 Å². The molecule has 3 aromatic rings. The fourth-order valence-corrected chi connectivity index (χ4v) is 4.02. The minimum atomic E-state index is -5.33. The van der Waals surface area contributed by atoms with Gasteiger partial charge in [0, 0.05) is 0 Å². The summed E-state index contributed by atoms with van der Waals surface area (Å²) < 4.78 is 163.